The van der Waals surface area contributed by atoms with Crippen LogP contribution in [-0.2, 0) is 13.2 Å². The minimum absolute atomic E-state index is 0.109. The zero-order chi connectivity index (χ0) is 14.2. The summed E-state index contributed by atoms with van der Waals surface area (Å²) >= 11 is 0. The van der Waals surface area contributed by atoms with E-state index in [1.54, 1.807) is 0 Å². The lowest BCUT2D eigenvalue weighted by Crippen LogP contribution is -2.10. The molecule has 0 aliphatic carbocycles. The van der Waals surface area contributed by atoms with Gasteiger partial charge < -0.3 is 5.11 Å². The predicted octanol–water partition coefficient (Wildman–Crippen LogP) is 2.20. The molecule has 2 aromatic heterocycles. The molecule has 2 rings (SSSR count). The van der Waals surface area contributed by atoms with Crippen molar-refractivity contribution in [1.29, 1.82) is 0 Å². The summed E-state index contributed by atoms with van der Waals surface area (Å²) in [6.07, 6.45) is -1.78. The second kappa shape index (κ2) is 4.38. The van der Waals surface area contributed by atoms with Crippen molar-refractivity contribution in [2.24, 2.45) is 7.05 Å². The second-order valence-electron chi connectivity index (χ2n) is 3.75. The molecular formula is C11H8F3N3O2. The lowest BCUT2D eigenvalue weighted by Gasteiger charge is -2.12. The first-order valence-corrected chi connectivity index (χ1v) is 5.09. The molecule has 5 nitrogen and oxygen atoms in total. The molecule has 8 heteroatoms. The first kappa shape index (κ1) is 13.1. The molecule has 2 aromatic rings. The van der Waals surface area contributed by atoms with Crippen LogP contribution in [0.25, 0.3) is 11.3 Å². The zero-order valence-corrected chi connectivity index (χ0v) is 9.64. The van der Waals surface area contributed by atoms with Crippen molar-refractivity contribution in [2.45, 2.75) is 6.18 Å². The average molecular weight is 271 g/mol. The molecule has 0 atom stereocenters. The maximum Gasteiger partial charge on any atom is 0.418 e. The number of alkyl halides is 3. The van der Waals surface area contributed by atoms with E-state index in [4.69, 9.17) is 5.11 Å². The van der Waals surface area contributed by atoms with Crippen molar-refractivity contribution in [2.75, 3.05) is 0 Å². The maximum absolute atomic E-state index is 12.9. The van der Waals surface area contributed by atoms with Gasteiger partial charge in [-0.2, -0.15) is 18.3 Å². The summed E-state index contributed by atoms with van der Waals surface area (Å²) in [5.41, 5.74) is -1.66. The number of carboxylic acids is 1. The van der Waals surface area contributed by atoms with Gasteiger partial charge in [0.15, 0.2) is 0 Å². The number of hydrogen-bond donors (Lipinski definition) is 1. The summed E-state index contributed by atoms with van der Waals surface area (Å²) in [7, 11) is 1.38. The Morgan fingerprint density at radius 1 is 1.37 bits per heavy atom. The van der Waals surface area contributed by atoms with Gasteiger partial charge in [0.1, 0.15) is 5.56 Å². The van der Waals surface area contributed by atoms with Crippen LogP contribution in [0.3, 0.4) is 0 Å². The van der Waals surface area contributed by atoms with E-state index >= 15 is 0 Å². The number of carbonyl (C=O) groups is 1. The Labute approximate surface area is 105 Å². The van der Waals surface area contributed by atoms with Crippen LogP contribution in [0.15, 0.2) is 24.7 Å². The van der Waals surface area contributed by atoms with Crippen LogP contribution in [-0.4, -0.2) is 25.8 Å². The zero-order valence-electron chi connectivity index (χ0n) is 9.64. The van der Waals surface area contributed by atoms with E-state index in [2.05, 4.69) is 10.1 Å². The van der Waals surface area contributed by atoms with Crippen LogP contribution < -0.4 is 0 Å². The lowest BCUT2D eigenvalue weighted by atomic mass is 10.0. The molecule has 0 bridgehead atoms. The summed E-state index contributed by atoms with van der Waals surface area (Å²) in [5.74, 6) is -1.34. The summed E-state index contributed by atoms with van der Waals surface area (Å²) in [4.78, 5) is 14.4. The quantitative estimate of drug-likeness (QED) is 0.909. The fraction of sp³-hybridized carbons (Fsp3) is 0.182. The third-order valence-electron chi connectivity index (χ3n) is 2.55. The molecule has 0 aromatic carbocycles. The van der Waals surface area contributed by atoms with Gasteiger partial charge in [-0.05, 0) is 6.07 Å². The van der Waals surface area contributed by atoms with Crippen LogP contribution in [0, 0.1) is 0 Å². The fourth-order valence-electron chi connectivity index (χ4n) is 1.74. The van der Waals surface area contributed by atoms with Crippen molar-refractivity contribution in [1.82, 2.24) is 14.8 Å². The van der Waals surface area contributed by atoms with Crippen LogP contribution in [0.5, 0.6) is 0 Å². The number of rotatable bonds is 2. The Kier molecular flexibility index (Phi) is 3.01. The van der Waals surface area contributed by atoms with Gasteiger partial charge in [0.25, 0.3) is 0 Å². The number of nitrogens with zero attached hydrogens (tertiary/aromatic N) is 3. The molecule has 1 N–H and O–H groups in total. The highest BCUT2D eigenvalue weighted by Gasteiger charge is 2.35. The Morgan fingerprint density at radius 3 is 2.63 bits per heavy atom. The standard InChI is InChI=1S/C11H8F3N3O2/c1-17-9(7(4-16-17)10(18)19)6-2-3-15-5-8(6)11(12,13)14/h2-5H,1H3,(H,18,19). The van der Waals surface area contributed by atoms with Crippen LogP contribution in [0.4, 0.5) is 13.2 Å². The van der Waals surface area contributed by atoms with Gasteiger partial charge in [0.05, 0.1) is 17.5 Å². The number of aromatic carboxylic acids is 1. The summed E-state index contributed by atoms with van der Waals surface area (Å²) in [6, 6.07) is 1.12. The molecule has 0 saturated heterocycles. The molecule has 0 aliphatic heterocycles. The molecule has 0 unspecified atom stereocenters. The highest BCUT2D eigenvalue weighted by atomic mass is 19.4. The largest absolute Gasteiger partial charge is 0.478 e. The smallest absolute Gasteiger partial charge is 0.418 e. The van der Waals surface area contributed by atoms with Crippen molar-refractivity contribution in [3.8, 4) is 11.3 Å². The van der Waals surface area contributed by atoms with E-state index in [1.807, 2.05) is 0 Å². The van der Waals surface area contributed by atoms with Gasteiger partial charge in [-0.25, -0.2) is 4.79 Å². The van der Waals surface area contributed by atoms with Crippen molar-refractivity contribution in [3.05, 3.63) is 35.8 Å². The van der Waals surface area contributed by atoms with Gasteiger partial charge in [-0.1, -0.05) is 0 Å². The normalized spacial score (nSPS) is 11.6. The van der Waals surface area contributed by atoms with Gasteiger partial charge in [0.2, 0.25) is 0 Å². The van der Waals surface area contributed by atoms with E-state index in [9.17, 15) is 18.0 Å². The van der Waals surface area contributed by atoms with E-state index < -0.39 is 17.7 Å². The monoisotopic (exact) mass is 271 g/mol. The third-order valence-corrected chi connectivity index (χ3v) is 2.55. The summed E-state index contributed by atoms with van der Waals surface area (Å²) < 4.78 is 39.8. The summed E-state index contributed by atoms with van der Waals surface area (Å²) in [6.45, 7) is 0. The number of aromatic nitrogens is 3. The first-order valence-electron chi connectivity index (χ1n) is 5.09. The van der Waals surface area contributed by atoms with E-state index in [0.29, 0.717) is 6.20 Å². The molecule has 100 valence electrons. The molecule has 0 amide bonds. The van der Waals surface area contributed by atoms with Crippen molar-refractivity contribution < 1.29 is 23.1 Å². The van der Waals surface area contributed by atoms with Crippen LogP contribution in [0.2, 0.25) is 0 Å². The molecule has 0 aliphatic rings. The van der Waals surface area contributed by atoms with Gasteiger partial charge in [-0.3, -0.25) is 9.67 Å². The number of hydrogen-bond acceptors (Lipinski definition) is 3. The molecule has 0 spiro atoms. The molecule has 0 saturated carbocycles. The van der Waals surface area contributed by atoms with Crippen molar-refractivity contribution in [3.63, 3.8) is 0 Å². The predicted molar refractivity (Wildman–Crippen MR) is 58.4 cm³/mol. The Morgan fingerprint density at radius 2 is 2.05 bits per heavy atom. The fourth-order valence-corrected chi connectivity index (χ4v) is 1.74. The Bertz CT molecular complexity index is 634. The minimum Gasteiger partial charge on any atom is -0.478 e. The molecule has 0 fully saturated rings. The Balaban J connectivity index is 2.73. The van der Waals surface area contributed by atoms with Gasteiger partial charge in [0, 0.05) is 25.0 Å². The van der Waals surface area contributed by atoms with E-state index in [0.717, 1.165) is 16.9 Å². The highest BCUT2D eigenvalue weighted by molar-refractivity contribution is 5.95. The average Bonchev–Trinajstić information content (AvgIpc) is 2.70. The molecule has 2 heterocycles. The van der Waals surface area contributed by atoms with Gasteiger partial charge >= 0.3 is 12.1 Å². The highest BCUT2D eigenvalue weighted by Crippen LogP contribution is 2.37. The first-order chi connectivity index (χ1) is 8.82. The van der Waals surface area contributed by atoms with E-state index in [1.165, 1.54) is 13.2 Å². The second-order valence-corrected chi connectivity index (χ2v) is 3.75. The number of pyridine rings is 1. The SMILES string of the molecule is Cn1ncc(C(=O)O)c1-c1ccncc1C(F)(F)F. The molecular weight excluding hydrogens is 263 g/mol. The number of aryl methyl sites for hydroxylation is 1. The molecule has 19 heavy (non-hydrogen) atoms. The van der Waals surface area contributed by atoms with Crippen molar-refractivity contribution >= 4 is 5.97 Å². The van der Waals surface area contributed by atoms with E-state index in [-0.39, 0.29) is 16.8 Å². The third kappa shape index (κ3) is 2.28. The number of carboxylic acid groups (broad SMARTS) is 1. The lowest BCUT2D eigenvalue weighted by molar-refractivity contribution is -0.137. The molecule has 0 radical (unpaired) electrons. The number of halogens is 3. The Hall–Kier alpha value is -2.38. The topological polar surface area (TPSA) is 68.0 Å². The van der Waals surface area contributed by atoms with Crippen LogP contribution in [0.1, 0.15) is 15.9 Å². The van der Waals surface area contributed by atoms with Crippen LogP contribution >= 0.6 is 0 Å². The van der Waals surface area contributed by atoms with Gasteiger partial charge in [-0.15, -0.1) is 0 Å². The summed E-state index contributed by atoms with van der Waals surface area (Å²) in [5, 5.41) is 12.7. The maximum atomic E-state index is 12.9. The minimum atomic E-state index is -4.62.